The van der Waals surface area contributed by atoms with Crippen molar-refractivity contribution in [3.8, 4) is 5.75 Å². The third-order valence-corrected chi connectivity index (χ3v) is 1.98. The van der Waals surface area contributed by atoms with Crippen molar-refractivity contribution in [2.24, 2.45) is 0 Å². The van der Waals surface area contributed by atoms with Crippen LogP contribution in [-0.2, 0) is 13.1 Å². The summed E-state index contributed by atoms with van der Waals surface area (Å²) in [6.45, 7) is 1.73. The zero-order chi connectivity index (χ0) is 7.68. The van der Waals surface area contributed by atoms with Crippen molar-refractivity contribution < 1.29 is 4.74 Å². The predicted molar refractivity (Wildman–Crippen MR) is 43.8 cm³/mol. The zero-order valence-corrected chi connectivity index (χ0v) is 6.50. The summed E-state index contributed by atoms with van der Waals surface area (Å²) in [5, 5.41) is 4.27. The number of methoxy groups -OCH3 is 1. The number of hydrogen-bond donors (Lipinski definition) is 0. The van der Waals surface area contributed by atoms with Gasteiger partial charge in [-0.25, -0.2) is 0 Å². The van der Waals surface area contributed by atoms with Gasteiger partial charge in [-0.15, -0.1) is 13.1 Å². The van der Waals surface area contributed by atoms with Crippen molar-refractivity contribution in [3.05, 3.63) is 34.6 Å². The molecule has 0 bridgehead atoms. The lowest BCUT2D eigenvalue weighted by Gasteiger charge is -2.03. The van der Waals surface area contributed by atoms with E-state index in [1.54, 1.807) is 7.11 Å². The topological polar surface area (TPSA) is 23.3 Å². The van der Waals surface area contributed by atoms with E-state index in [-0.39, 0.29) is 0 Å². The minimum atomic E-state index is 0.854. The summed E-state index contributed by atoms with van der Waals surface area (Å²) < 4.78 is 5.10. The van der Waals surface area contributed by atoms with E-state index in [2.05, 4.69) is 17.4 Å². The molecule has 0 N–H and O–H groups in total. The van der Waals surface area contributed by atoms with Gasteiger partial charge in [0.2, 0.25) is 0 Å². The summed E-state index contributed by atoms with van der Waals surface area (Å²) in [6.07, 6.45) is 0. The molecule has 58 valence electrons. The van der Waals surface area contributed by atoms with E-state index in [0.29, 0.717) is 0 Å². The first-order valence-electron chi connectivity index (χ1n) is 3.69. The Kier molecular flexibility index (Phi) is 1.55. The molecule has 2 heteroatoms. The highest BCUT2D eigenvalue weighted by atomic mass is 16.5. The van der Waals surface area contributed by atoms with Gasteiger partial charge in [0.1, 0.15) is 5.75 Å². The first-order valence-corrected chi connectivity index (χ1v) is 3.69. The predicted octanol–water partition coefficient (Wildman–Crippen LogP) is 2.08. The molecule has 1 aliphatic heterocycles. The van der Waals surface area contributed by atoms with E-state index in [1.807, 2.05) is 6.07 Å². The Morgan fingerprint density at radius 1 is 1.27 bits per heavy atom. The molecule has 0 aromatic heterocycles. The first kappa shape index (κ1) is 6.68. The molecule has 0 amide bonds. The lowest BCUT2D eigenvalue weighted by molar-refractivity contribution is 0.414. The van der Waals surface area contributed by atoms with Crippen LogP contribution in [0, 0.1) is 0 Å². The molecular formula is C9H10NO-. The average Bonchev–Trinajstić information content (AvgIpc) is 2.50. The summed E-state index contributed by atoms with van der Waals surface area (Å²) >= 11 is 0. The Labute approximate surface area is 66.2 Å². The molecule has 0 saturated heterocycles. The van der Waals surface area contributed by atoms with Crippen LogP contribution in [0.4, 0.5) is 0 Å². The largest absolute Gasteiger partial charge is 0.655 e. The summed E-state index contributed by atoms with van der Waals surface area (Å²) in [7, 11) is 1.69. The minimum absolute atomic E-state index is 0.854. The molecule has 1 aromatic rings. The fourth-order valence-corrected chi connectivity index (χ4v) is 1.33. The maximum atomic E-state index is 5.10. The van der Waals surface area contributed by atoms with Gasteiger partial charge in [-0.1, -0.05) is 17.2 Å². The molecule has 0 unspecified atom stereocenters. The molecule has 2 rings (SSSR count). The molecule has 0 spiro atoms. The Morgan fingerprint density at radius 2 is 2.09 bits per heavy atom. The van der Waals surface area contributed by atoms with Crippen molar-refractivity contribution in [3.63, 3.8) is 0 Å². The maximum absolute atomic E-state index is 5.10. The van der Waals surface area contributed by atoms with E-state index in [4.69, 9.17) is 4.74 Å². The number of ether oxygens (including phenoxy) is 1. The van der Waals surface area contributed by atoms with Crippen LogP contribution in [0.1, 0.15) is 11.1 Å². The van der Waals surface area contributed by atoms with Crippen molar-refractivity contribution >= 4 is 0 Å². The van der Waals surface area contributed by atoms with Gasteiger partial charge in [0.05, 0.1) is 7.11 Å². The monoisotopic (exact) mass is 148 g/mol. The molecule has 0 radical (unpaired) electrons. The fourth-order valence-electron chi connectivity index (χ4n) is 1.33. The van der Waals surface area contributed by atoms with Gasteiger partial charge in [0, 0.05) is 0 Å². The number of nitrogens with zero attached hydrogens (tertiary/aromatic N) is 1. The molecule has 11 heavy (non-hydrogen) atoms. The smallest absolute Gasteiger partial charge is 0.119 e. The van der Waals surface area contributed by atoms with Gasteiger partial charge in [-0.05, 0) is 12.1 Å². The number of rotatable bonds is 1. The molecular weight excluding hydrogens is 138 g/mol. The van der Waals surface area contributed by atoms with Crippen LogP contribution < -0.4 is 4.74 Å². The van der Waals surface area contributed by atoms with Crippen molar-refractivity contribution in [1.29, 1.82) is 0 Å². The molecule has 0 aliphatic carbocycles. The lowest BCUT2D eigenvalue weighted by Crippen LogP contribution is -1.86. The first-order chi connectivity index (χ1) is 5.40. The summed E-state index contributed by atoms with van der Waals surface area (Å²) in [4.78, 5) is 0. The fraction of sp³-hybridized carbons (Fsp3) is 0.333. The van der Waals surface area contributed by atoms with Crippen LogP contribution in [-0.4, -0.2) is 7.11 Å². The van der Waals surface area contributed by atoms with Crippen LogP contribution in [0.5, 0.6) is 5.75 Å². The maximum Gasteiger partial charge on any atom is 0.119 e. The van der Waals surface area contributed by atoms with Crippen molar-refractivity contribution in [2.75, 3.05) is 7.11 Å². The average molecular weight is 148 g/mol. The third-order valence-electron chi connectivity index (χ3n) is 1.98. The zero-order valence-electron chi connectivity index (χ0n) is 6.50. The van der Waals surface area contributed by atoms with E-state index in [1.165, 1.54) is 11.1 Å². The van der Waals surface area contributed by atoms with Gasteiger partial charge >= 0.3 is 0 Å². The second-order valence-corrected chi connectivity index (χ2v) is 2.67. The summed E-state index contributed by atoms with van der Waals surface area (Å²) in [6, 6.07) is 6.14. The highest BCUT2D eigenvalue weighted by Crippen LogP contribution is 2.26. The number of fused-ring (bicyclic) bond motifs is 1. The number of benzene rings is 1. The van der Waals surface area contributed by atoms with Crippen LogP contribution >= 0.6 is 0 Å². The Hall–Kier alpha value is -1.02. The molecule has 1 heterocycles. The van der Waals surface area contributed by atoms with Gasteiger partial charge in [-0.3, -0.25) is 0 Å². The lowest BCUT2D eigenvalue weighted by atomic mass is 10.1. The van der Waals surface area contributed by atoms with Crippen molar-refractivity contribution in [1.82, 2.24) is 0 Å². The molecule has 0 saturated carbocycles. The van der Waals surface area contributed by atoms with Crippen LogP contribution in [0.15, 0.2) is 18.2 Å². The normalized spacial score (nSPS) is 14.6. The van der Waals surface area contributed by atoms with Crippen LogP contribution in [0.25, 0.3) is 5.32 Å². The molecule has 1 aliphatic rings. The van der Waals surface area contributed by atoms with Gasteiger partial charge in [0.15, 0.2) is 0 Å². The van der Waals surface area contributed by atoms with Gasteiger partial charge in [-0.2, -0.15) is 0 Å². The van der Waals surface area contributed by atoms with E-state index >= 15 is 0 Å². The highest BCUT2D eigenvalue weighted by Gasteiger charge is 2.01. The Balaban J connectivity index is 2.41. The van der Waals surface area contributed by atoms with Crippen LogP contribution in [0.3, 0.4) is 0 Å². The molecule has 0 fully saturated rings. The quantitative estimate of drug-likeness (QED) is 0.598. The standard InChI is InChI=1S/C9H10NO/c1-11-9-3-2-7-5-10-6-8(7)4-9/h2-4H,5-6H2,1H3/q-1. The number of hydrogen-bond acceptors (Lipinski definition) is 1. The Morgan fingerprint density at radius 3 is 2.91 bits per heavy atom. The van der Waals surface area contributed by atoms with Crippen molar-refractivity contribution in [2.45, 2.75) is 13.1 Å². The SMILES string of the molecule is COc1ccc2c(c1)C[N-]C2. The van der Waals surface area contributed by atoms with E-state index < -0.39 is 0 Å². The van der Waals surface area contributed by atoms with Gasteiger partial charge < -0.3 is 10.1 Å². The second-order valence-electron chi connectivity index (χ2n) is 2.67. The van der Waals surface area contributed by atoms with Crippen LogP contribution in [0.2, 0.25) is 0 Å². The van der Waals surface area contributed by atoms with E-state index in [0.717, 1.165) is 18.8 Å². The summed E-state index contributed by atoms with van der Waals surface area (Å²) in [5.41, 5.74) is 2.65. The Bertz CT molecular complexity index is 270. The third kappa shape index (κ3) is 1.10. The van der Waals surface area contributed by atoms with Gasteiger partial charge in [0.25, 0.3) is 0 Å². The molecule has 1 aromatic carbocycles. The second kappa shape index (κ2) is 2.55. The van der Waals surface area contributed by atoms with E-state index in [9.17, 15) is 0 Å². The highest BCUT2D eigenvalue weighted by molar-refractivity contribution is 5.41. The molecule has 2 nitrogen and oxygen atoms in total. The summed E-state index contributed by atoms with van der Waals surface area (Å²) in [5.74, 6) is 0.931. The molecule has 0 atom stereocenters. The minimum Gasteiger partial charge on any atom is -0.655 e.